The molecule has 210 valence electrons. The molecule has 8 rings (SSSR count). The Morgan fingerprint density at radius 1 is 0.545 bits per heavy atom. The molecule has 0 spiro atoms. The number of hydrogen-bond acceptors (Lipinski definition) is 2. The number of aryl methyl sites for hydroxylation is 1. The Labute approximate surface area is 257 Å². The highest BCUT2D eigenvalue weighted by atomic mass is 15.0. The first kappa shape index (κ1) is 26.1. The summed E-state index contributed by atoms with van der Waals surface area (Å²) in [5.41, 5.74) is 13.3. The summed E-state index contributed by atoms with van der Waals surface area (Å²) in [5, 5.41) is 2.47. The molecule has 0 fully saturated rings. The Morgan fingerprint density at radius 3 is 1.95 bits per heavy atom. The molecule has 8 aromatic rings. The molecule has 6 aromatic carbocycles. The Kier molecular flexibility index (Phi) is 6.31. The third-order valence-corrected chi connectivity index (χ3v) is 8.81. The van der Waals surface area contributed by atoms with Gasteiger partial charge in [0.1, 0.15) is 0 Å². The molecule has 0 unspecified atom stereocenters. The molecule has 0 saturated heterocycles. The Hall–Kier alpha value is -5.54. The predicted molar refractivity (Wildman–Crippen MR) is 183 cm³/mol. The second-order valence-electron chi connectivity index (χ2n) is 11.5. The van der Waals surface area contributed by atoms with E-state index in [1.165, 1.54) is 44.1 Å². The number of nitrogens with zero attached hydrogens (tertiary/aromatic N) is 3. The fourth-order valence-electron chi connectivity index (χ4n) is 6.74. The average Bonchev–Trinajstić information content (AvgIpc) is 3.42. The maximum Gasteiger partial charge on any atom is 0.0931 e. The van der Waals surface area contributed by atoms with Crippen molar-refractivity contribution in [3.63, 3.8) is 0 Å². The smallest absolute Gasteiger partial charge is 0.0931 e. The normalized spacial score (nSPS) is 12.2. The van der Waals surface area contributed by atoms with E-state index in [1.54, 1.807) is 0 Å². The van der Waals surface area contributed by atoms with Gasteiger partial charge in [-0.25, -0.2) is 9.97 Å². The lowest BCUT2D eigenvalue weighted by molar-refractivity contribution is 0.878. The molecule has 0 bridgehead atoms. The molecule has 0 saturated carbocycles. The fraction of sp³-hybridized carbons (Fsp3) is 0.0732. The van der Waals surface area contributed by atoms with Gasteiger partial charge in [0.05, 0.1) is 33.5 Å². The molecule has 0 aliphatic rings. The Balaban J connectivity index is 1.53. The largest absolute Gasteiger partial charge is 0.309 e. The SMILES string of the molecule is Cc1ccccc1-c1ccc2c3ccccc3n(-c3ccccc3)c2c1[C@@H](C)c1nc2ccccc2nc1-c1ccccc1. The van der Waals surface area contributed by atoms with Gasteiger partial charge < -0.3 is 4.57 Å². The number of fused-ring (bicyclic) bond motifs is 4. The van der Waals surface area contributed by atoms with Crippen LogP contribution in [0, 0.1) is 6.92 Å². The molecular weight excluding hydrogens is 534 g/mol. The fourth-order valence-corrected chi connectivity index (χ4v) is 6.74. The molecule has 3 heteroatoms. The van der Waals surface area contributed by atoms with E-state index >= 15 is 0 Å². The summed E-state index contributed by atoms with van der Waals surface area (Å²) >= 11 is 0. The third-order valence-electron chi connectivity index (χ3n) is 8.81. The Bertz CT molecular complexity index is 2300. The maximum absolute atomic E-state index is 5.38. The second kappa shape index (κ2) is 10.6. The quantitative estimate of drug-likeness (QED) is 0.208. The number of rotatable bonds is 5. The number of benzene rings is 6. The van der Waals surface area contributed by atoms with Crippen LogP contribution in [-0.4, -0.2) is 14.5 Å². The predicted octanol–water partition coefficient (Wildman–Crippen LogP) is 10.5. The van der Waals surface area contributed by atoms with E-state index in [4.69, 9.17) is 9.97 Å². The van der Waals surface area contributed by atoms with Crippen molar-refractivity contribution in [3.8, 4) is 28.1 Å². The van der Waals surface area contributed by atoms with Crippen LogP contribution in [0.1, 0.15) is 29.7 Å². The maximum atomic E-state index is 5.38. The first-order chi connectivity index (χ1) is 21.7. The van der Waals surface area contributed by atoms with Crippen LogP contribution in [0.3, 0.4) is 0 Å². The van der Waals surface area contributed by atoms with E-state index in [1.807, 2.05) is 12.1 Å². The molecule has 0 radical (unpaired) electrons. The van der Waals surface area contributed by atoms with E-state index in [-0.39, 0.29) is 5.92 Å². The minimum absolute atomic E-state index is 0.0765. The van der Waals surface area contributed by atoms with E-state index in [2.05, 4.69) is 152 Å². The van der Waals surface area contributed by atoms with Gasteiger partial charge in [-0.1, -0.05) is 122 Å². The second-order valence-corrected chi connectivity index (χ2v) is 11.5. The average molecular weight is 566 g/mol. The molecule has 0 aliphatic heterocycles. The van der Waals surface area contributed by atoms with Gasteiger partial charge in [0.2, 0.25) is 0 Å². The van der Waals surface area contributed by atoms with Crippen molar-refractivity contribution in [3.05, 3.63) is 162 Å². The Morgan fingerprint density at radius 2 is 1.18 bits per heavy atom. The van der Waals surface area contributed by atoms with Crippen LogP contribution in [0.25, 0.3) is 60.9 Å². The van der Waals surface area contributed by atoms with Crippen LogP contribution in [0.15, 0.2) is 146 Å². The summed E-state index contributed by atoms with van der Waals surface area (Å²) in [5.74, 6) is -0.0765. The molecule has 44 heavy (non-hydrogen) atoms. The van der Waals surface area contributed by atoms with Crippen molar-refractivity contribution >= 4 is 32.8 Å². The molecule has 2 heterocycles. The molecule has 1 atom stereocenters. The van der Waals surface area contributed by atoms with E-state index in [0.717, 1.165) is 33.7 Å². The van der Waals surface area contributed by atoms with Gasteiger partial charge in [0.25, 0.3) is 0 Å². The van der Waals surface area contributed by atoms with Gasteiger partial charge in [-0.05, 0) is 59.5 Å². The lowest BCUT2D eigenvalue weighted by Gasteiger charge is -2.23. The molecule has 2 aromatic heterocycles. The van der Waals surface area contributed by atoms with Crippen molar-refractivity contribution in [1.82, 2.24) is 14.5 Å². The first-order valence-corrected chi connectivity index (χ1v) is 15.2. The topological polar surface area (TPSA) is 30.7 Å². The number of para-hydroxylation sites is 4. The van der Waals surface area contributed by atoms with Crippen molar-refractivity contribution < 1.29 is 0 Å². The van der Waals surface area contributed by atoms with Gasteiger partial charge in [-0.15, -0.1) is 0 Å². The zero-order valence-electron chi connectivity index (χ0n) is 24.8. The monoisotopic (exact) mass is 565 g/mol. The van der Waals surface area contributed by atoms with E-state index < -0.39 is 0 Å². The molecular formula is C41H31N3. The van der Waals surface area contributed by atoms with Crippen molar-refractivity contribution in [1.29, 1.82) is 0 Å². The highest BCUT2D eigenvalue weighted by Crippen LogP contribution is 2.45. The van der Waals surface area contributed by atoms with Crippen LogP contribution in [-0.2, 0) is 0 Å². The lowest BCUT2D eigenvalue weighted by Crippen LogP contribution is -2.09. The third kappa shape index (κ3) is 4.20. The van der Waals surface area contributed by atoms with Gasteiger partial charge >= 0.3 is 0 Å². The standard InChI is InChI=1S/C41H31N3/c1-27-15-9-10-20-31(27)33-25-26-34-32-21-11-14-24-37(32)44(30-18-7-4-8-19-30)41(34)38(33)28(2)39-40(29-16-5-3-6-17-29)43-36-23-13-12-22-35(36)42-39/h3-26,28H,1-2H3/t28-/m1/s1. The van der Waals surface area contributed by atoms with Crippen molar-refractivity contribution in [2.45, 2.75) is 19.8 Å². The van der Waals surface area contributed by atoms with Crippen molar-refractivity contribution in [2.24, 2.45) is 0 Å². The van der Waals surface area contributed by atoms with Crippen LogP contribution in [0.2, 0.25) is 0 Å². The van der Waals surface area contributed by atoms with Gasteiger partial charge in [-0.2, -0.15) is 0 Å². The summed E-state index contributed by atoms with van der Waals surface area (Å²) < 4.78 is 2.44. The molecule has 3 nitrogen and oxygen atoms in total. The first-order valence-electron chi connectivity index (χ1n) is 15.2. The zero-order chi connectivity index (χ0) is 29.6. The highest BCUT2D eigenvalue weighted by molar-refractivity contribution is 6.12. The summed E-state index contributed by atoms with van der Waals surface area (Å²) in [7, 11) is 0. The summed E-state index contributed by atoms with van der Waals surface area (Å²) in [4.78, 5) is 10.6. The molecule has 0 aliphatic carbocycles. The van der Waals surface area contributed by atoms with Gasteiger partial charge in [-0.3, -0.25) is 0 Å². The summed E-state index contributed by atoms with van der Waals surface area (Å²) in [6.07, 6.45) is 0. The van der Waals surface area contributed by atoms with Gasteiger partial charge in [0.15, 0.2) is 0 Å². The van der Waals surface area contributed by atoms with E-state index in [0.29, 0.717) is 0 Å². The molecule has 0 N–H and O–H groups in total. The van der Waals surface area contributed by atoms with E-state index in [9.17, 15) is 0 Å². The minimum atomic E-state index is -0.0765. The summed E-state index contributed by atoms with van der Waals surface area (Å²) in [6, 6.07) is 51.4. The summed E-state index contributed by atoms with van der Waals surface area (Å²) in [6.45, 7) is 4.50. The van der Waals surface area contributed by atoms with Crippen molar-refractivity contribution in [2.75, 3.05) is 0 Å². The molecule has 0 amide bonds. The zero-order valence-corrected chi connectivity index (χ0v) is 24.8. The van der Waals surface area contributed by atoms with Gasteiger partial charge in [0, 0.05) is 27.9 Å². The van der Waals surface area contributed by atoms with Crippen LogP contribution >= 0.6 is 0 Å². The number of hydrogen-bond donors (Lipinski definition) is 0. The minimum Gasteiger partial charge on any atom is -0.309 e. The van der Waals surface area contributed by atoms with Crippen LogP contribution in [0.5, 0.6) is 0 Å². The van der Waals surface area contributed by atoms with Crippen LogP contribution < -0.4 is 0 Å². The lowest BCUT2D eigenvalue weighted by atomic mass is 9.85. The number of aromatic nitrogens is 3. The van der Waals surface area contributed by atoms with Crippen LogP contribution in [0.4, 0.5) is 0 Å². The highest BCUT2D eigenvalue weighted by Gasteiger charge is 2.27.